The van der Waals surface area contributed by atoms with Crippen LogP contribution in [0, 0.1) is 12.8 Å². The van der Waals surface area contributed by atoms with Gasteiger partial charge in [0.1, 0.15) is 12.1 Å². The Hall–Kier alpha value is -2.44. The minimum atomic E-state index is 0.320. The summed E-state index contributed by atoms with van der Waals surface area (Å²) in [5.74, 6) is 2.75. The molecule has 7 nitrogen and oxygen atoms in total. The van der Waals surface area contributed by atoms with E-state index in [-0.39, 0.29) is 0 Å². The van der Waals surface area contributed by atoms with E-state index in [0.717, 1.165) is 55.8 Å². The van der Waals surface area contributed by atoms with Gasteiger partial charge >= 0.3 is 0 Å². The Morgan fingerprint density at radius 2 is 1.82 bits per heavy atom. The van der Waals surface area contributed by atoms with Crippen LogP contribution in [0.3, 0.4) is 0 Å². The van der Waals surface area contributed by atoms with Crippen LogP contribution in [0.2, 0.25) is 0 Å². The van der Waals surface area contributed by atoms with Gasteiger partial charge in [0.25, 0.3) is 0 Å². The fourth-order valence-electron chi connectivity index (χ4n) is 4.32. The molecule has 2 aromatic rings. The minimum absolute atomic E-state index is 0.320. The van der Waals surface area contributed by atoms with E-state index in [1.807, 2.05) is 30.2 Å². The molecular formula is C21H30N6O. The Morgan fingerprint density at radius 1 is 1.07 bits per heavy atom. The first-order valence-corrected chi connectivity index (χ1v) is 10.6. The maximum atomic E-state index is 12.6. The van der Waals surface area contributed by atoms with E-state index in [2.05, 4.69) is 20.0 Å². The van der Waals surface area contributed by atoms with E-state index in [1.165, 1.54) is 32.1 Å². The molecule has 2 aromatic heterocycles. The summed E-state index contributed by atoms with van der Waals surface area (Å²) in [5.41, 5.74) is 0.959. The molecule has 0 spiro atoms. The van der Waals surface area contributed by atoms with Gasteiger partial charge in [0.15, 0.2) is 5.82 Å². The first kappa shape index (κ1) is 18.9. The van der Waals surface area contributed by atoms with Crippen LogP contribution < -0.4 is 4.90 Å². The molecule has 0 radical (unpaired) electrons. The molecule has 1 amide bonds. The van der Waals surface area contributed by atoms with Crippen LogP contribution in [0.25, 0.3) is 5.82 Å². The molecule has 0 atom stereocenters. The number of aryl methyl sites for hydroxylation is 1. The van der Waals surface area contributed by atoms with Crippen LogP contribution in [0.4, 0.5) is 5.82 Å². The molecule has 1 saturated heterocycles. The van der Waals surface area contributed by atoms with Crippen LogP contribution in [0.15, 0.2) is 24.7 Å². The number of hydrogen-bond donors (Lipinski definition) is 0. The van der Waals surface area contributed by atoms with E-state index >= 15 is 0 Å². The molecule has 2 aliphatic rings. The highest BCUT2D eigenvalue weighted by atomic mass is 16.2. The second-order valence-corrected chi connectivity index (χ2v) is 8.05. The van der Waals surface area contributed by atoms with E-state index in [4.69, 9.17) is 0 Å². The van der Waals surface area contributed by atoms with Gasteiger partial charge < -0.3 is 9.80 Å². The number of piperazine rings is 1. The van der Waals surface area contributed by atoms with Crippen LogP contribution >= 0.6 is 0 Å². The molecular weight excluding hydrogens is 352 g/mol. The number of rotatable bonds is 5. The standard InChI is InChI=1S/C21H30N6O/c1-17-9-10-27(24-17)20-15-19(22-16-23-20)25-11-13-26(14-12-25)21(28)8-7-18-5-3-2-4-6-18/h9-10,15-16,18H,2-8,11-14H2,1H3. The van der Waals surface area contributed by atoms with Gasteiger partial charge in [0.05, 0.1) is 5.69 Å². The first-order chi connectivity index (χ1) is 13.7. The summed E-state index contributed by atoms with van der Waals surface area (Å²) in [7, 11) is 0. The zero-order valence-electron chi connectivity index (χ0n) is 16.8. The summed E-state index contributed by atoms with van der Waals surface area (Å²) in [5, 5.41) is 4.42. The Balaban J connectivity index is 1.29. The summed E-state index contributed by atoms with van der Waals surface area (Å²) in [6.07, 6.45) is 12.0. The third-order valence-electron chi connectivity index (χ3n) is 6.04. The van der Waals surface area contributed by atoms with Gasteiger partial charge in [0.2, 0.25) is 5.91 Å². The summed E-state index contributed by atoms with van der Waals surface area (Å²) in [6.45, 7) is 5.12. The topological polar surface area (TPSA) is 67.2 Å². The normalized spacial score (nSPS) is 18.5. The van der Waals surface area contributed by atoms with Crippen LogP contribution in [-0.4, -0.2) is 56.7 Å². The van der Waals surface area contributed by atoms with E-state index in [0.29, 0.717) is 12.3 Å². The van der Waals surface area contributed by atoms with Crippen molar-refractivity contribution in [2.75, 3.05) is 31.1 Å². The van der Waals surface area contributed by atoms with Crippen LogP contribution in [0.5, 0.6) is 0 Å². The minimum Gasteiger partial charge on any atom is -0.353 e. The van der Waals surface area contributed by atoms with Crippen molar-refractivity contribution in [2.24, 2.45) is 5.92 Å². The van der Waals surface area contributed by atoms with Gasteiger partial charge in [-0.05, 0) is 25.3 Å². The Bertz CT molecular complexity index is 790. The van der Waals surface area contributed by atoms with Crippen molar-refractivity contribution in [2.45, 2.75) is 51.9 Å². The number of carbonyl (C=O) groups excluding carboxylic acids is 1. The second-order valence-electron chi connectivity index (χ2n) is 8.05. The molecule has 0 bridgehead atoms. The van der Waals surface area contributed by atoms with Crippen LogP contribution in [-0.2, 0) is 4.79 Å². The van der Waals surface area contributed by atoms with Gasteiger partial charge in [-0.2, -0.15) is 5.10 Å². The zero-order chi connectivity index (χ0) is 19.3. The monoisotopic (exact) mass is 382 g/mol. The number of nitrogens with zero attached hydrogens (tertiary/aromatic N) is 6. The SMILES string of the molecule is Cc1ccn(-c2cc(N3CCN(C(=O)CCC4CCCCC4)CC3)ncn2)n1. The summed E-state index contributed by atoms with van der Waals surface area (Å²) < 4.78 is 1.77. The molecule has 2 fully saturated rings. The molecule has 3 heterocycles. The zero-order valence-corrected chi connectivity index (χ0v) is 16.8. The smallest absolute Gasteiger partial charge is 0.222 e. The molecule has 28 heavy (non-hydrogen) atoms. The Labute approximate surface area is 166 Å². The highest BCUT2D eigenvalue weighted by Crippen LogP contribution is 2.27. The van der Waals surface area contributed by atoms with Gasteiger partial charge in [-0.1, -0.05) is 32.1 Å². The lowest BCUT2D eigenvalue weighted by atomic mass is 9.86. The lowest BCUT2D eigenvalue weighted by Gasteiger charge is -2.35. The van der Waals surface area contributed by atoms with Crippen molar-refractivity contribution < 1.29 is 4.79 Å². The van der Waals surface area contributed by atoms with Crippen molar-refractivity contribution in [3.63, 3.8) is 0 Å². The van der Waals surface area contributed by atoms with E-state index < -0.39 is 0 Å². The Kier molecular flexibility index (Phi) is 5.88. The summed E-state index contributed by atoms with van der Waals surface area (Å²) in [6, 6.07) is 3.92. The molecule has 0 N–H and O–H groups in total. The quantitative estimate of drug-likeness (QED) is 0.795. The highest BCUT2D eigenvalue weighted by Gasteiger charge is 2.23. The van der Waals surface area contributed by atoms with Crippen LogP contribution in [0.1, 0.15) is 50.6 Å². The van der Waals surface area contributed by atoms with E-state index in [9.17, 15) is 4.79 Å². The van der Waals surface area contributed by atoms with Crippen molar-refractivity contribution in [3.05, 3.63) is 30.4 Å². The average Bonchev–Trinajstić information content (AvgIpc) is 3.19. The largest absolute Gasteiger partial charge is 0.353 e. The average molecular weight is 383 g/mol. The number of aromatic nitrogens is 4. The lowest BCUT2D eigenvalue weighted by Crippen LogP contribution is -2.49. The molecule has 1 saturated carbocycles. The number of anilines is 1. The third-order valence-corrected chi connectivity index (χ3v) is 6.04. The third kappa shape index (κ3) is 4.51. The highest BCUT2D eigenvalue weighted by molar-refractivity contribution is 5.76. The number of hydrogen-bond acceptors (Lipinski definition) is 5. The van der Waals surface area contributed by atoms with Gasteiger partial charge in [-0.25, -0.2) is 14.6 Å². The molecule has 0 unspecified atom stereocenters. The molecule has 7 heteroatoms. The first-order valence-electron chi connectivity index (χ1n) is 10.6. The molecule has 0 aromatic carbocycles. The van der Waals surface area contributed by atoms with Gasteiger partial charge in [-0.15, -0.1) is 0 Å². The molecule has 4 rings (SSSR count). The predicted molar refractivity (Wildman–Crippen MR) is 108 cm³/mol. The molecule has 1 aliphatic heterocycles. The Morgan fingerprint density at radius 3 is 2.54 bits per heavy atom. The molecule has 1 aliphatic carbocycles. The maximum absolute atomic E-state index is 12.6. The van der Waals surface area contributed by atoms with Crippen molar-refractivity contribution >= 4 is 11.7 Å². The number of amides is 1. The van der Waals surface area contributed by atoms with Crippen molar-refractivity contribution in [1.29, 1.82) is 0 Å². The fourth-order valence-corrected chi connectivity index (χ4v) is 4.32. The van der Waals surface area contributed by atoms with E-state index in [1.54, 1.807) is 11.0 Å². The fraction of sp³-hybridized carbons (Fsp3) is 0.619. The van der Waals surface area contributed by atoms with Gasteiger partial charge in [-0.3, -0.25) is 4.79 Å². The lowest BCUT2D eigenvalue weighted by molar-refractivity contribution is -0.131. The predicted octanol–water partition coefficient (Wildman–Crippen LogP) is 2.98. The summed E-state index contributed by atoms with van der Waals surface area (Å²) >= 11 is 0. The number of carbonyl (C=O) groups is 1. The van der Waals surface area contributed by atoms with Crippen molar-refractivity contribution in [1.82, 2.24) is 24.6 Å². The van der Waals surface area contributed by atoms with Crippen molar-refractivity contribution in [3.8, 4) is 5.82 Å². The molecule has 150 valence electrons. The maximum Gasteiger partial charge on any atom is 0.222 e. The van der Waals surface area contributed by atoms with Gasteiger partial charge in [0, 0.05) is 44.9 Å². The summed E-state index contributed by atoms with van der Waals surface area (Å²) in [4.78, 5) is 25.6. The second kappa shape index (κ2) is 8.71.